The third kappa shape index (κ3) is 4.78. The van der Waals surface area contributed by atoms with E-state index in [0.717, 1.165) is 43.6 Å². The van der Waals surface area contributed by atoms with Crippen LogP contribution in [0.15, 0.2) is 42.9 Å². The van der Waals surface area contributed by atoms with E-state index in [1.54, 1.807) is 6.07 Å². The maximum Gasteiger partial charge on any atom is 0.416 e. The lowest BCUT2D eigenvalue weighted by molar-refractivity contribution is -0.137. The molecule has 3 rings (SSSR count). The number of aromatic nitrogens is 2. The van der Waals surface area contributed by atoms with E-state index < -0.39 is 11.7 Å². The molecular weight excluding hydrogens is 345 g/mol. The zero-order valence-corrected chi connectivity index (χ0v) is 14.0. The Morgan fingerprint density at radius 2 is 1.85 bits per heavy atom. The molecular formula is C18H19F3N4O. The highest BCUT2D eigenvalue weighted by atomic mass is 19.4. The summed E-state index contributed by atoms with van der Waals surface area (Å²) in [5.74, 6) is -0.214. The minimum atomic E-state index is -4.31. The molecule has 1 amide bonds. The average molecular weight is 364 g/mol. The lowest BCUT2D eigenvalue weighted by Crippen LogP contribution is -2.44. The van der Waals surface area contributed by atoms with Gasteiger partial charge in [-0.3, -0.25) is 9.69 Å². The maximum absolute atomic E-state index is 12.6. The van der Waals surface area contributed by atoms with Gasteiger partial charge >= 0.3 is 6.18 Å². The van der Waals surface area contributed by atoms with Crippen molar-refractivity contribution in [3.05, 3.63) is 59.7 Å². The Hall–Kier alpha value is -2.48. The molecule has 0 unspecified atom stereocenters. The van der Waals surface area contributed by atoms with Gasteiger partial charge in [0, 0.05) is 31.9 Å². The van der Waals surface area contributed by atoms with Crippen LogP contribution in [-0.4, -0.2) is 39.9 Å². The van der Waals surface area contributed by atoms with E-state index in [1.807, 2.05) is 0 Å². The molecule has 1 saturated heterocycles. The van der Waals surface area contributed by atoms with E-state index in [1.165, 1.54) is 24.7 Å². The second-order valence-corrected chi connectivity index (χ2v) is 6.31. The monoisotopic (exact) mass is 364 g/mol. The highest BCUT2D eigenvalue weighted by Crippen LogP contribution is 2.29. The molecule has 1 aliphatic rings. The van der Waals surface area contributed by atoms with Crippen LogP contribution in [0.2, 0.25) is 0 Å². The van der Waals surface area contributed by atoms with E-state index in [4.69, 9.17) is 0 Å². The van der Waals surface area contributed by atoms with Gasteiger partial charge in [-0.15, -0.1) is 0 Å². The molecule has 138 valence electrons. The summed E-state index contributed by atoms with van der Waals surface area (Å²) in [5, 5.41) is 2.96. The molecule has 1 aliphatic heterocycles. The van der Waals surface area contributed by atoms with Crippen molar-refractivity contribution in [1.82, 2.24) is 20.2 Å². The van der Waals surface area contributed by atoms with Gasteiger partial charge in [-0.05, 0) is 36.6 Å². The molecule has 2 aromatic rings. The Balaban J connectivity index is 1.47. The van der Waals surface area contributed by atoms with Crippen molar-refractivity contribution < 1.29 is 18.0 Å². The van der Waals surface area contributed by atoms with Gasteiger partial charge in [0.15, 0.2) is 0 Å². The Morgan fingerprint density at radius 1 is 1.15 bits per heavy atom. The van der Waals surface area contributed by atoms with E-state index >= 15 is 0 Å². The Bertz CT molecular complexity index is 726. The van der Waals surface area contributed by atoms with E-state index in [-0.39, 0.29) is 11.9 Å². The molecule has 0 atom stereocenters. The van der Waals surface area contributed by atoms with Gasteiger partial charge in [-0.25, -0.2) is 9.97 Å². The van der Waals surface area contributed by atoms with Crippen LogP contribution in [0.4, 0.5) is 13.2 Å². The first-order valence-electron chi connectivity index (χ1n) is 8.37. The van der Waals surface area contributed by atoms with Gasteiger partial charge < -0.3 is 5.32 Å². The largest absolute Gasteiger partial charge is 0.416 e. The summed E-state index contributed by atoms with van der Waals surface area (Å²) in [4.78, 5) is 22.0. The zero-order valence-electron chi connectivity index (χ0n) is 14.0. The van der Waals surface area contributed by atoms with E-state index in [0.29, 0.717) is 12.2 Å². The van der Waals surface area contributed by atoms with Crippen LogP contribution in [0, 0.1) is 0 Å². The summed E-state index contributed by atoms with van der Waals surface area (Å²) in [5.41, 5.74) is 0.557. The third-order valence-corrected chi connectivity index (χ3v) is 4.42. The SMILES string of the molecule is O=C(NC1CCN(Cc2ccc(C(F)(F)F)cc2)CC1)c1ccncn1. The molecule has 8 heteroatoms. The summed E-state index contributed by atoms with van der Waals surface area (Å²) < 4.78 is 37.8. The molecule has 26 heavy (non-hydrogen) atoms. The second kappa shape index (κ2) is 7.82. The number of likely N-dealkylation sites (tertiary alicyclic amines) is 1. The van der Waals surface area contributed by atoms with Crippen LogP contribution in [0.5, 0.6) is 0 Å². The average Bonchev–Trinajstić information content (AvgIpc) is 2.64. The maximum atomic E-state index is 12.6. The third-order valence-electron chi connectivity index (χ3n) is 4.42. The molecule has 2 heterocycles. The quantitative estimate of drug-likeness (QED) is 0.906. The van der Waals surface area contributed by atoms with Crippen molar-refractivity contribution in [2.24, 2.45) is 0 Å². The molecule has 1 aromatic heterocycles. The van der Waals surface area contributed by atoms with Crippen molar-refractivity contribution in [2.75, 3.05) is 13.1 Å². The number of halogens is 3. The first kappa shape index (κ1) is 18.3. The second-order valence-electron chi connectivity index (χ2n) is 6.31. The number of carbonyl (C=O) groups excluding carboxylic acids is 1. The summed E-state index contributed by atoms with van der Waals surface area (Å²) in [6, 6.07) is 6.90. The fraction of sp³-hybridized carbons (Fsp3) is 0.389. The number of nitrogens with zero attached hydrogens (tertiary/aromatic N) is 3. The number of carbonyl (C=O) groups is 1. The smallest absolute Gasteiger partial charge is 0.348 e. The minimum absolute atomic E-state index is 0.0707. The van der Waals surface area contributed by atoms with Gasteiger partial charge in [0.2, 0.25) is 0 Å². The lowest BCUT2D eigenvalue weighted by Gasteiger charge is -2.32. The number of alkyl halides is 3. The number of rotatable bonds is 4. The van der Waals surface area contributed by atoms with Crippen LogP contribution in [0.3, 0.4) is 0 Å². The van der Waals surface area contributed by atoms with E-state index in [2.05, 4.69) is 20.2 Å². The molecule has 5 nitrogen and oxygen atoms in total. The van der Waals surface area contributed by atoms with Crippen LogP contribution >= 0.6 is 0 Å². The number of piperidine rings is 1. The Morgan fingerprint density at radius 3 is 2.42 bits per heavy atom. The fourth-order valence-corrected chi connectivity index (χ4v) is 2.98. The number of amides is 1. The molecule has 0 radical (unpaired) electrons. The van der Waals surface area contributed by atoms with Gasteiger partial charge in [0.1, 0.15) is 12.0 Å². The highest BCUT2D eigenvalue weighted by molar-refractivity contribution is 5.92. The molecule has 0 bridgehead atoms. The molecule has 1 aromatic carbocycles. The van der Waals surface area contributed by atoms with E-state index in [9.17, 15) is 18.0 Å². The normalized spacial score (nSPS) is 16.4. The van der Waals surface area contributed by atoms with Crippen LogP contribution in [0.1, 0.15) is 34.5 Å². The summed E-state index contributed by atoms with van der Waals surface area (Å²) in [6.07, 6.45) is 0.129. The van der Waals surface area contributed by atoms with Gasteiger partial charge in [0.05, 0.1) is 5.56 Å². The Labute approximate surface area is 149 Å². The van der Waals surface area contributed by atoms with Gasteiger partial charge in [-0.2, -0.15) is 13.2 Å². The van der Waals surface area contributed by atoms with Crippen molar-refractivity contribution in [2.45, 2.75) is 31.6 Å². The first-order chi connectivity index (χ1) is 12.4. The number of hydrogen-bond donors (Lipinski definition) is 1. The number of hydrogen-bond acceptors (Lipinski definition) is 4. The van der Waals surface area contributed by atoms with Crippen LogP contribution < -0.4 is 5.32 Å². The summed E-state index contributed by atoms with van der Waals surface area (Å²) in [6.45, 7) is 2.15. The topological polar surface area (TPSA) is 58.1 Å². The minimum Gasteiger partial charge on any atom is -0.348 e. The standard InChI is InChI=1S/C18H19F3N4O/c19-18(20,21)14-3-1-13(2-4-14)11-25-9-6-15(7-10-25)24-17(26)16-5-8-22-12-23-16/h1-5,8,12,15H,6-7,9-11H2,(H,24,26). The number of nitrogens with one attached hydrogen (secondary N) is 1. The van der Waals surface area contributed by atoms with Crippen molar-refractivity contribution in [3.63, 3.8) is 0 Å². The molecule has 0 saturated carbocycles. The zero-order chi connectivity index (χ0) is 18.6. The van der Waals surface area contributed by atoms with Crippen LogP contribution in [-0.2, 0) is 12.7 Å². The van der Waals surface area contributed by atoms with Crippen molar-refractivity contribution in [3.8, 4) is 0 Å². The van der Waals surface area contributed by atoms with Crippen molar-refractivity contribution in [1.29, 1.82) is 0 Å². The predicted octanol–water partition coefficient (Wildman–Crippen LogP) is 2.89. The van der Waals surface area contributed by atoms with Gasteiger partial charge in [-0.1, -0.05) is 12.1 Å². The lowest BCUT2D eigenvalue weighted by atomic mass is 10.0. The summed E-state index contributed by atoms with van der Waals surface area (Å²) in [7, 11) is 0. The van der Waals surface area contributed by atoms with Gasteiger partial charge in [0.25, 0.3) is 5.91 Å². The molecule has 1 fully saturated rings. The first-order valence-corrected chi connectivity index (χ1v) is 8.37. The summed E-state index contributed by atoms with van der Waals surface area (Å²) >= 11 is 0. The highest BCUT2D eigenvalue weighted by Gasteiger charge is 2.30. The fourth-order valence-electron chi connectivity index (χ4n) is 2.98. The Kier molecular flexibility index (Phi) is 5.51. The molecule has 0 spiro atoms. The number of benzene rings is 1. The van der Waals surface area contributed by atoms with Crippen LogP contribution in [0.25, 0.3) is 0 Å². The molecule has 0 aliphatic carbocycles. The molecule has 1 N–H and O–H groups in total. The van der Waals surface area contributed by atoms with Crippen molar-refractivity contribution >= 4 is 5.91 Å². The predicted molar refractivity (Wildman–Crippen MR) is 89.2 cm³/mol.